The zero-order valence-electron chi connectivity index (χ0n) is 8.40. The van der Waals surface area contributed by atoms with Gasteiger partial charge in [-0.1, -0.05) is 6.08 Å². The van der Waals surface area contributed by atoms with Gasteiger partial charge < -0.3 is 4.89 Å². The van der Waals surface area contributed by atoms with Gasteiger partial charge in [0.2, 0.25) is 0 Å². The molecule has 1 aromatic heterocycles. The quantitative estimate of drug-likeness (QED) is 0.757. The van der Waals surface area contributed by atoms with E-state index in [4.69, 9.17) is 4.89 Å². The molecule has 84 valence electrons. The van der Waals surface area contributed by atoms with E-state index in [0.717, 1.165) is 11.3 Å². The Kier molecular flexibility index (Phi) is 3.62. The van der Waals surface area contributed by atoms with E-state index in [0.29, 0.717) is 0 Å². The third-order valence-corrected chi connectivity index (χ3v) is 2.08. The summed E-state index contributed by atoms with van der Waals surface area (Å²) in [5.41, 5.74) is -0.429. The summed E-state index contributed by atoms with van der Waals surface area (Å²) in [7, 11) is -3.58. The minimum Gasteiger partial charge on any atom is -0.324 e. The van der Waals surface area contributed by atoms with Crippen LogP contribution in [-0.2, 0) is 15.8 Å². The van der Waals surface area contributed by atoms with Crippen molar-refractivity contribution in [2.75, 3.05) is 6.66 Å². The fourth-order valence-electron chi connectivity index (χ4n) is 0.863. The second kappa shape index (κ2) is 4.57. The fraction of sp³-hybridized carbons (Fsp3) is 0.429. The number of nitrogens with zero attached hydrogens (tertiary/aromatic N) is 3. The first kappa shape index (κ1) is 11.9. The van der Waals surface area contributed by atoms with Crippen molar-refractivity contribution in [3.63, 3.8) is 0 Å². The predicted molar refractivity (Wildman–Crippen MR) is 54.3 cm³/mol. The van der Waals surface area contributed by atoms with Crippen molar-refractivity contribution in [3.05, 3.63) is 22.9 Å². The Bertz CT molecular complexity index is 455. The minimum absolute atomic E-state index is 0.340. The third kappa shape index (κ3) is 3.47. The third-order valence-electron chi connectivity index (χ3n) is 1.49. The van der Waals surface area contributed by atoms with E-state index in [-0.39, 0.29) is 6.73 Å². The molecule has 15 heavy (non-hydrogen) atoms. The average Bonchev–Trinajstić information content (AvgIpc) is 2.45. The molecular formula is C7H12N3O4P. The Labute approximate surface area is 86.1 Å². The lowest BCUT2D eigenvalue weighted by atomic mass is 10.7. The van der Waals surface area contributed by atoms with Crippen LogP contribution >= 0.6 is 7.60 Å². The first-order valence-electron chi connectivity index (χ1n) is 4.15. The van der Waals surface area contributed by atoms with Crippen molar-refractivity contribution in [1.29, 1.82) is 0 Å². The van der Waals surface area contributed by atoms with Crippen LogP contribution in [0.4, 0.5) is 0 Å². The standard InChI is InChI=1S/C7H12N3O4P/c1-3-4-9-5-8-10(7(9)11)6-14-15(2,12)13/h3-5H,6H2,1-2H3,(H,12,13)/b4-3+. The molecule has 0 fully saturated rings. The molecule has 0 aliphatic heterocycles. The van der Waals surface area contributed by atoms with E-state index < -0.39 is 13.3 Å². The molecule has 0 aromatic carbocycles. The molecule has 0 radical (unpaired) electrons. The fourth-order valence-corrected chi connectivity index (χ4v) is 1.19. The average molecular weight is 233 g/mol. The molecule has 0 aliphatic rings. The van der Waals surface area contributed by atoms with Crippen LogP contribution in [0.25, 0.3) is 6.20 Å². The maximum atomic E-state index is 11.4. The zero-order valence-corrected chi connectivity index (χ0v) is 9.29. The SMILES string of the molecule is C/C=C/n1cnn(COP(C)(=O)O)c1=O. The van der Waals surface area contributed by atoms with Crippen LogP contribution in [0.2, 0.25) is 0 Å². The van der Waals surface area contributed by atoms with Gasteiger partial charge in [0.15, 0.2) is 6.73 Å². The monoisotopic (exact) mass is 233 g/mol. The normalized spacial score (nSPS) is 15.7. The molecule has 1 atom stereocenters. The van der Waals surface area contributed by atoms with Crippen LogP contribution < -0.4 is 5.69 Å². The minimum atomic E-state index is -3.58. The van der Waals surface area contributed by atoms with Gasteiger partial charge in [-0.05, 0) is 6.92 Å². The Balaban J connectivity index is 2.80. The number of aromatic nitrogens is 3. The Morgan fingerprint density at radius 3 is 2.93 bits per heavy atom. The lowest BCUT2D eigenvalue weighted by Gasteiger charge is -2.04. The van der Waals surface area contributed by atoms with Gasteiger partial charge in [-0.15, -0.1) is 0 Å². The van der Waals surface area contributed by atoms with Crippen LogP contribution in [-0.4, -0.2) is 25.9 Å². The molecule has 0 bridgehead atoms. The van der Waals surface area contributed by atoms with E-state index in [2.05, 4.69) is 9.62 Å². The van der Waals surface area contributed by atoms with E-state index in [1.807, 2.05) is 0 Å². The molecule has 0 aliphatic carbocycles. The Hall–Kier alpha value is -1.17. The molecule has 1 heterocycles. The molecular weight excluding hydrogens is 221 g/mol. The van der Waals surface area contributed by atoms with Gasteiger partial charge in [0, 0.05) is 12.9 Å². The molecule has 1 rings (SSSR count). The molecule has 0 spiro atoms. The summed E-state index contributed by atoms with van der Waals surface area (Å²) in [5, 5.41) is 3.70. The largest absolute Gasteiger partial charge is 0.352 e. The smallest absolute Gasteiger partial charge is 0.324 e. The highest BCUT2D eigenvalue weighted by Crippen LogP contribution is 2.36. The van der Waals surface area contributed by atoms with Gasteiger partial charge in [-0.25, -0.2) is 4.79 Å². The van der Waals surface area contributed by atoms with Gasteiger partial charge in [-0.3, -0.25) is 13.7 Å². The molecule has 1 unspecified atom stereocenters. The topological polar surface area (TPSA) is 86.3 Å². The number of allylic oxidation sites excluding steroid dienone is 1. The molecule has 8 heteroatoms. The lowest BCUT2D eigenvalue weighted by Crippen LogP contribution is -2.23. The van der Waals surface area contributed by atoms with Crippen molar-refractivity contribution in [2.45, 2.75) is 13.7 Å². The first-order chi connectivity index (χ1) is 6.94. The summed E-state index contributed by atoms with van der Waals surface area (Å²) in [4.78, 5) is 20.3. The second-order valence-corrected chi connectivity index (χ2v) is 4.73. The predicted octanol–water partition coefficient (Wildman–Crippen LogP) is 0.325. The lowest BCUT2D eigenvalue weighted by molar-refractivity contribution is 0.188. The summed E-state index contributed by atoms with van der Waals surface area (Å²) < 4.78 is 17.6. The van der Waals surface area contributed by atoms with Gasteiger partial charge in [0.1, 0.15) is 6.33 Å². The number of rotatable bonds is 4. The van der Waals surface area contributed by atoms with Crippen molar-refractivity contribution < 1.29 is 14.0 Å². The van der Waals surface area contributed by atoms with Crippen molar-refractivity contribution in [2.24, 2.45) is 0 Å². The van der Waals surface area contributed by atoms with Crippen molar-refractivity contribution >= 4 is 13.8 Å². The highest BCUT2D eigenvalue weighted by atomic mass is 31.2. The van der Waals surface area contributed by atoms with Crippen LogP contribution in [0.15, 0.2) is 17.2 Å². The zero-order chi connectivity index (χ0) is 11.5. The summed E-state index contributed by atoms with van der Waals surface area (Å²) in [6, 6.07) is 0. The summed E-state index contributed by atoms with van der Waals surface area (Å²) in [5.74, 6) is 0. The van der Waals surface area contributed by atoms with Gasteiger partial charge >= 0.3 is 13.3 Å². The highest BCUT2D eigenvalue weighted by molar-refractivity contribution is 7.51. The summed E-state index contributed by atoms with van der Waals surface area (Å²) in [6.45, 7) is 2.46. The van der Waals surface area contributed by atoms with Crippen molar-refractivity contribution in [1.82, 2.24) is 14.3 Å². The number of hydrogen-bond donors (Lipinski definition) is 1. The molecule has 0 amide bonds. The summed E-state index contributed by atoms with van der Waals surface area (Å²) >= 11 is 0. The molecule has 1 N–H and O–H groups in total. The van der Waals surface area contributed by atoms with E-state index in [1.54, 1.807) is 13.0 Å². The van der Waals surface area contributed by atoms with Gasteiger partial charge in [0.05, 0.1) is 0 Å². The molecule has 0 saturated heterocycles. The maximum Gasteiger partial charge on any atom is 0.352 e. The molecule has 7 nitrogen and oxygen atoms in total. The van der Waals surface area contributed by atoms with E-state index in [9.17, 15) is 9.36 Å². The highest BCUT2D eigenvalue weighted by Gasteiger charge is 2.11. The number of hydrogen-bond acceptors (Lipinski definition) is 4. The summed E-state index contributed by atoms with van der Waals surface area (Å²) in [6.07, 6.45) is 4.49. The maximum absolute atomic E-state index is 11.4. The van der Waals surface area contributed by atoms with Crippen LogP contribution in [0.1, 0.15) is 6.92 Å². The molecule has 1 aromatic rings. The first-order valence-corrected chi connectivity index (χ1v) is 6.18. The Morgan fingerprint density at radius 1 is 1.73 bits per heavy atom. The van der Waals surface area contributed by atoms with Crippen LogP contribution in [0.5, 0.6) is 0 Å². The Morgan fingerprint density at radius 2 is 2.40 bits per heavy atom. The van der Waals surface area contributed by atoms with Crippen LogP contribution in [0.3, 0.4) is 0 Å². The van der Waals surface area contributed by atoms with Gasteiger partial charge in [-0.2, -0.15) is 9.78 Å². The van der Waals surface area contributed by atoms with Gasteiger partial charge in [0.25, 0.3) is 0 Å². The van der Waals surface area contributed by atoms with Crippen molar-refractivity contribution in [3.8, 4) is 0 Å². The van der Waals surface area contributed by atoms with E-state index >= 15 is 0 Å². The molecule has 0 saturated carbocycles. The van der Waals surface area contributed by atoms with E-state index in [1.165, 1.54) is 17.1 Å². The second-order valence-electron chi connectivity index (χ2n) is 2.86. The van der Waals surface area contributed by atoms with Crippen LogP contribution in [0, 0.1) is 0 Å².